The van der Waals surface area contributed by atoms with Crippen LogP contribution >= 0.6 is 0 Å². The van der Waals surface area contributed by atoms with Gasteiger partial charge < -0.3 is 10.5 Å². The summed E-state index contributed by atoms with van der Waals surface area (Å²) < 4.78 is 18.5. The summed E-state index contributed by atoms with van der Waals surface area (Å²) in [5, 5.41) is 0. The van der Waals surface area contributed by atoms with Crippen LogP contribution in [0.2, 0.25) is 0 Å². The molecule has 0 aliphatic heterocycles. The number of hydrogen-bond donors (Lipinski definition) is 1. The van der Waals surface area contributed by atoms with Crippen LogP contribution in [0.25, 0.3) is 0 Å². The number of nitrogens with two attached hydrogens (primary N) is 1. The number of carbonyl (C=O) groups excluding carboxylic acids is 1. The van der Waals surface area contributed by atoms with Crippen LogP contribution in [0.5, 0.6) is 0 Å². The average Bonchev–Trinajstić information content (AvgIpc) is 2.30. The van der Waals surface area contributed by atoms with E-state index in [1.165, 1.54) is 6.07 Å². The second kappa shape index (κ2) is 6.38. The monoisotopic (exact) mass is 253 g/mol. The van der Waals surface area contributed by atoms with Gasteiger partial charge >= 0.3 is 5.97 Å². The highest BCUT2D eigenvalue weighted by molar-refractivity contribution is 5.90. The molecule has 18 heavy (non-hydrogen) atoms. The Morgan fingerprint density at radius 2 is 2.11 bits per heavy atom. The molecule has 0 aliphatic rings. The maximum absolute atomic E-state index is 13.4. The predicted octanol–water partition coefficient (Wildman–Crippen LogP) is 3.31. The molecule has 0 aromatic heterocycles. The lowest BCUT2D eigenvalue weighted by Crippen LogP contribution is -2.09. The molecule has 0 radical (unpaired) electrons. The lowest BCUT2D eigenvalue weighted by Gasteiger charge is -2.08. The van der Waals surface area contributed by atoms with Gasteiger partial charge in [0.2, 0.25) is 0 Å². The molecule has 0 atom stereocenters. The number of benzene rings is 1. The molecule has 1 aromatic carbocycles. The zero-order chi connectivity index (χ0) is 13.7. The standard InChI is InChI=1S/C14H20FNO2/c1-9(2)5-4-6-18-14(17)11-7-12(15)10(3)13(16)8-11/h7-9H,4-6,16H2,1-3H3. The first-order valence-corrected chi connectivity index (χ1v) is 6.14. The molecule has 0 spiro atoms. The molecule has 1 aromatic rings. The van der Waals surface area contributed by atoms with E-state index < -0.39 is 11.8 Å². The van der Waals surface area contributed by atoms with Crippen molar-refractivity contribution in [1.82, 2.24) is 0 Å². The lowest BCUT2D eigenvalue weighted by atomic mass is 10.1. The number of rotatable bonds is 5. The van der Waals surface area contributed by atoms with Gasteiger partial charge in [0.25, 0.3) is 0 Å². The summed E-state index contributed by atoms with van der Waals surface area (Å²) in [5.74, 6) is -0.426. The Morgan fingerprint density at radius 3 is 2.67 bits per heavy atom. The van der Waals surface area contributed by atoms with E-state index in [0.29, 0.717) is 18.1 Å². The fourth-order valence-electron chi connectivity index (χ4n) is 1.56. The summed E-state index contributed by atoms with van der Waals surface area (Å²) in [6, 6.07) is 2.61. The third kappa shape index (κ3) is 4.02. The van der Waals surface area contributed by atoms with E-state index in [1.807, 2.05) is 0 Å². The summed E-state index contributed by atoms with van der Waals surface area (Å²) in [4.78, 5) is 11.7. The number of carbonyl (C=O) groups is 1. The van der Waals surface area contributed by atoms with E-state index in [9.17, 15) is 9.18 Å². The molecule has 4 heteroatoms. The third-order valence-electron chi connectivity index (χ3n) is 2.78. The van der Waals surface area contributed by atoms with Crippen molar-refractivity contribution in [3.8, 4) is 0 Å². The normalized spacial score (nSPS) is 10.7. The van der Waals surface area contributed by atoms with E-state index in [0.717, 1.165) is 18.9 Å². The van der Waals surface area contributed by atoms with Crippen molar-refractivity contribution in [3.05, 3.63) is 29.1 Å². The van der Waals surface area contributed by atoms with Crippen molar-refractivity contribution >= 4 is 11.7 Å². The second-order valence-corrected chi connectivity index (χ2v) is 4.84. The number of nitrogen functional groups attached to an aromatic ring is 1. The topological polar surface area (TPSA) is 52.3 Å². The molecule has 3 nitrogen and oxygen atoms in total. The maximum Gasteiger partial charge on any atom is 0.338 e. The first kappa shape index (κ1) is 14.5. The van der Waals surface area contributed by atoms with Crippen molar-refractivity contribution in [2.24, 2.45) is 5.92 Å². The van der Waals surface area contributed by atoms with E-state index in [-0.39, 0.29) is 11.3 Å². The van der Waals surface area contributed by atoms with Gasteiger partial charge in [-0.15, -0.1) is 0 Å². The van der Waals surface area contributed by atoms with E-state index in [1.54, 1.807) is 6.92 Å². The summed E-state index contributed by atoms with van der Waals surface area (Å²) in [6.45, 7) is 6.14. The second-order valence-electron chi connectivity index (χ2n) is 4.84. The van der Waals surface area contributed by atoms with Gasteiger partial charge in [-0.3, -0.25) is 0 Å². The van der Waals surface area contributed by atoms with Gasteiger partial charge in [-0.25, -0.2) is 9.18 Å². The highest BCUT2D eigenvalue weighted by atomic mass is 19.1. The van der Waals surface area contributed by atoms with E-state index in [4.69, 9.17) is 10.5 Å². The minimum Gasteiger partial charge on any atom is -0.462 e. The number of halogens is 1. The third-order valence-corrected chi connectivity index (χ3v) is 2.78. The fraction of sp³-hybridized carbons (Fsp3) is 0.500. The van der Waals surface area contributed by atoms with Gasteiger partial charge in [0.05, 0.1) is 12.2 Å². The number of esters is 1. The van der Waals surface area contributed by atoms with Crippen molar-refractivity contribution < 1.29 is 13.9 Å². The van der Waals surface area contributed by atoms with Gasteiger partial charge in [-0.1, -0.05) is 13.8 Å². The Kier molecular flexibility index (Phi) is 5.13. The van der Waals surface area contributed by atoms with Crippen LogP contribution in [0.1, 0.15) is 42.6 Å². The Balaban J connectivity index is 2.57. The summed E-state index contributed by atoms with van der Waals surface area (Å²) in [7, 11) is 0. The van der Waals surface area contributed by atoms with Crippen molar-refractivity contribution in [1.29, 1.82) is 0 Å². The quantitative estimate of drug-likeness (QED) is 0.497. The predicted molar refractivity (Wildman–Crippen MR) is 69.9 cm³/mol. The molecule has 2 N–H and O–H groups in total. The van der Waals surface area contributed by atoms with Gasteiger partial charge in [-0.05, 0) is 37.8 Å². The smallest absolute Gasteiger partial charge is 0.338 e. The summed E-state index contributed by atoms with van der Waals surface area (Å²) in [6.07, 6.45) is 1.81. The Morgan fingerprint density at radius 1 is 1.44 bits per heavy atom. The minimum atomic E-state index is -0.524. The first-order chi connectivity index (χ1) is 8.41. The van der Waals surface area contributed by atoms with Crippen LogP contribution < -0.4 is 5.73 Å². The van der Waals surface area contributed by atoms with Crippen molar-refractivity contribution in [2.75, 3.05) is 12.3 Å². The Hall–Kier alpha value is -1.58. The number of ether oxygens (including phenoxy) is 1. The number of hydrogen-bond acceptors (Lipinski definition) is 3. The lowest BCUT2D eigenvalue weighted by molar-refractivity contribution is 0.0494. The largest absolute Gasteiger partial charge is 0.462 e. The molecule has 1 rings (SSSR count). The molecule has 100 valence electrons. The van der Waals surface area contributed by atoms with E-state index >= 15 is 0 Å². The molecule has 0 aliphatic carbocycles. The molecule has 0 saturated heterocycles. The summed E-state index contributed by atoms with van der Waals surface area (Å²) in [5.41, 5.74) is 6.39. The van der Waals surface area contributed by atoms with Gasteiger partial charge in [0.1, 0.15) is 5.82 Å². The average molecular weight is 253 g/mol. The zero-order valence-corrected chi connectivity index (χ0v) is 11.1. The minimum absolute atomic E-state index is 0.167. The van der Waals surface area contributed by atoms with Crippen molar-refractivity contribution in [3.63, 3.8) is 0 Å². The molecule has 0 amide bonds. The fourth-order valence-corrected chi connectivity index (χ4v) is 1.56. The molecule has 0 saturated carbocycles. The van der Waals surface area contributed by atoms with Gasteiger partial charge in [-0.2, -0.15) is 0 Å². The van der Waals surface area contributed by atoms with Crippen LogP contribution in [-0.4, -0.2) is 12.6 Å². The van der Waals surface area contributed by atoms with Gasteiger partial charge in [0.15, 0.2) is 0 Å². The molecular formula is C14H20FNO2. The van der Waals surface area contributed by atoms with Crippen LogP contribution in [-0.2, 0) is 4.74 Å². The summed E-state index contributed by atoms with van der Waals surface area (Å²) >= 11 is 0. The van der Waals surface area contributed by atoms with Crippen LogP contribution in [0.3, 0.4) is 0 Å². The van der Waals surface area contributed by atoms with Crippen LogP contribution in [0.15, 0.2) is 12.1 Å². The van der Waals surface area contributed by atoms with E-state index in [2.05, 4.69) is 13.8 Å². The molecule has 0 heterocycles. The highest BCUT2D eigenvalue weighted by Crippen LogP contribution is 2.18. The Bertz CT molecular complexity index is 407. The van der Waals surface area contributed by atoms with Crippen molar-refractivity contribution in [2.45, 2.75) is 33.6 Å². The zero-order valence-electron chi connectivity index (χ0n) is 11.1. The van der Waals surface area contributed by atoms with Crippen LogP contribution in [0.4, 0.5) is 10.1 Å². The molecule has 0 fully saturated rings. The van der Waals surface area contributed by atoms with Gasteiger partial charge in [0, 0.05) is 11.3 Å². The maximum atomic E-state index is 13.4. The molecular weight excluding hydrogens is 233 g/mol. The molecule has 0 bridgehead atoms. The highest BCUT2D eigenvalue weighted by Gasteiger charge is 2.12. The SMILES string of the molecule is Cc1c(N)cc(C(=O)OCCCC(C)C)cc1F. The molecule has 0 unspecified atom stereocenters. The van der Waals surface area contributed by atoms with Crippen LogP contribution in [0, 0.1) is 18.7 Å². The Labute approximate surface area is 107 Å². The first-order valence-electron chi connectivity index (χ1n) is 6.14. The number of anilines is 1.